The van der Waals surface area contributed by atoms with E-state index in [1.807, 2.05) is 44.2 Å². The van der Waals surface area contributed by atoms with Crippen LogP contribution in [0.3, 0.4) is 0 Å². The number of carbonyl (C=O) groups is 2. The van der Waals surface area contributed by atoms with Crippen LogP contribution in [0.5, 0.6) is 11.5 Å². The number of rotatable bonds is 9. The van der Waals surface area contributed by atoms with Gasteiger partial charge in [-0.1, -0.05) is 55.5 Å². The molecule has 0 aliphatic carbocycles. The molecule has 0 fully saturated rings. The molecule has 0 aliphatic rings. The number of methoxy groups -OCH3 is 1. The van der Waals surface area contributed by atoms with Gasteiger partial charge in [-0.05, 0) is 43.2 Å². The van der Waals surface area contributed by atoms with E-state index in [4.69, 9.17) is 9.47 Å². The number of carbonyl (C=O) groups excluding carboxylic acids is 2. The van der Waals surface area contributed by atoms with E-state index in [0.717, 1.165) is 5.56 Å². The number of ether oxygens (including phenoxy) is 2. The molecular formula is C26H28N2O4. The van der Waals surface area contributed by atoms with Crippen LogP contribution < -0.4 is 20.1 Å². The van der Waals surface area contributed by atoms with Gasteiger partial charge in [0.2, 0.25) is 0 Å². The van der Waals surface area contributed by atoms with Gasteiger partial charge in [0.1, 0.15) is 11.5 Å². The lowest BCUT2D eigenvalue weighted by Gasteiger charge is -2.19. The lowest BCUT2D eigenvalue weighted by atomic mass is 10.1. The van der Waals surface area contributed by atoms with Crippen LogP contribution in [-0.4, -0.2) is 25.0 Å². The Morgan fingerprint density at radius 1 is 0.906 bits per heavy atom. The maximum Gasteiger partial charge on any atom is 0.265 e. The highest BCUT2D eigenvalue weighted by Crippen LogP contribution is 2.22. The molecule has 0 spiro atoms. The summed E-state index contributed by atoms with van der Waals surface area (Å²) in [4.78, 5) is 25.8. The maximum atomic E-state index is 12.9. The van der Waals surface area contributed by atoms with Crippen molar-refractivity contribution < 1.29 is 19.1 Å². The summed E-state index contributed by atoms with van der Waals surface area (Å²) in [5.41, 5.74) is 1.82. The van der Waals surface area contributed by atoms with E-state index in [-0.39, 0.29) is 17.9 Å². The van der Waals surface area contributed by atoms with E-state index in [0.29, 0.717) is 29.2 Å². The molecule has 6 nitrogen and oxygen atoms in total. The Kier molecular flexibility index (Phi) is 7.86. The molecule has 166 valence electrons. The number of hydrogen-bond donors (Lipinski definition) is 2. The molecule has 0 saturated heterocycles. The predicted molar refractivity (Wildman–Crippen MR) is 125 cm³/mol. The number of para-hydroxylation sites is 1. The lowest BCUT2D eigenvalue weighted by molar-refractivity contribution is -0.122. The van der Waals surface area contributed by atoms with Crippen molar-refractivity contribution >= 4 is 17.5 Å². The van der Waals surface area contributed by atoms with Crippen molar-refractivity contribution in [3.8, 4) is 11.5 Å². The van der Waals surface area contributed by atoms with E-state index in [9.17, 15) is 9.59 Å². The van der Waals surface area contributed by atoms with Gasteiger partial charge in [0.05, 0.1) is 24.4 Å². The largest absolute Gasteiger partial charge is 0.497 e. The Balaban J connectivity index is 1.71. The third-order valence-electron chi connectivity index (χ3n) is 5.06. The zero-order valence-corrected chi connectivity index (χ0v) is 18.5. The van der Waals surface area contributed by atoms with E-state index < -0.39 is 6.10 Å². The zero-order chi connectivity index (χ0) is 22.9. The van der Waals surface area contributed by atoms with Crippen LogP contribution in [0.15, 0.2) is 78.9 Å². The standard InChI is InChI=1S/C26H28N2O4/c1-4-24(32-21-14-10-13-20(17-21)31-3)26(30)28-23-16-9-8-15-22(23)25(29)27-18(2)19-11-6-5-7-12-19/h5-18,24H,4H2,1-3H3,(H,27,29)(H,28,30)/t18-,24-/m0/s1. The first kappa shape index (κ1) is 22.9. The van der Waals surface area contributed by atoms with Gasteiger partial charge in [-0.25, -0.2) is 0 Å². The summed E-state index contributed by atoms with van der Waals surface area (Å²) in [7, 11) is 1.57. The van der Waals surface area contributed by atoms with Crippen molar-refractivity contribution in [3.63, 3.8) is 0 Å². The number of benzene rings is 3. The molecule has 2 atom stereocenters. The van der Waals surface area contributed by atoms with E-state index in [1.165, 1.54) is 0 Å². The van der Waals surface area contributed by atoms with Gasteiger partial charge in [-0.3, -0.25) is 9.59 Å². The minimum absolute atomic E-state index is 0.174. The fourth-order valence-electron chi connectivity index (χ4n) is 3.26. The Labute approximate surface area is 188 Å². The molecule has 0 aromatic heterocycles. The predicted octanol–water partition coefficient (Wildman–Crippen LogP) is 4.98. The number of amides is 2. The number of nitrogens with one attached hydrogen (secondary N) is 2. The molecular weight excluding hydrogens is 404 g/mol. The zero-order valence-electron chi connectivity index (χ0n) is 18.5. The normalized spacial score (nSPS) is 12.3. The average Bonchev–Trinajstić information content (AvgIpc) is 2.83. The third-order valence-corrected chi connectivity index (χ3v) is 5.06. The van der Waals surface area contributed by atoms with Crippen LogP contribution in [0.4, 0.5) is 5.69 Å². The molecule has 0 unspecified atom stereocenters. The molecule has 0 heterocycles. The maximum absolute atomic E-state index is 12.9. The molecule has 0 aliphatic heterocycles. The molecule has 0 bridgehead atoms. The van der Waals surface area contributed by atoms with Gasteiger partial charge in [0.25, 0.3) is 11.8 Å². The highest BCUT2D eigenvalue weighted by molar-refractivity contribution is 6.04. The average molecular weight is 433 g/mol. The van der Waals surface area contributed by atoms with Crippen molar-refractivity contribution in [2.45, 2.75) is 32.4 Å². The summed E-state index contributed by atoms with van der Waals surface area (Å²) >= 11 is 0. The van der Waals surface area contributed by atoms with Gasteiger partial charge >= 0.3 is 0 Å². The van der Waals surface area contributed by atoms with Gasteiger partial charge < -0.3 is 20.1 Å². The summed E-state index contributed by atoms with van der Waals surface area (Å²) < 4.78 is 11.1. The molecule has 2 N–H and O–H groups in total. The van der Waals surface area contributed by atoms with Crippen LogP contribution in [0.2, 0.25) is 0 Å². The van der Waals surface area contributed by atoms with Crippen molar-refractivity contribution in [1.29, 1.82) is 0 Å². The van der Waals surface area contributed by atoms with Crippen LogP contribution in [-0.2, 0) is 4.79 Å². The van der Waals surface area contributed by atoms with Crippen LogP contribution >= 0.6 is 0 Å². The monoisotopic (exact) mass is 432 g/mol. The fraction of sp³-hybridized carbons (Fsp3) is 0.231. The second-order valence-corrected chi connectivity index (χ2v) is 7.33. The molecule has 3 rings (SSSR count). The second-order valence-electron chi connectivity index (χ2n) is 7.33. The highest BCUT2D eigenvalue weighted by Gasteiger charge is 2.22. The van der Waals surface area contributed by atoms with Gasteiger partial charge in [-0.15, -0.1) is 0 Å². The molecule has 32 heavy (non-hydrogen) atoms. The van der Waals surface area contributed by atoms with Crippen LogP contribution in [0, 0.1) is 0 Å². The second kappa shape index (κ2) is 11.0. The van der Waals surface area contributed by atoms with Crippen molar-refractivity contribution in [2.75, 3.05) is 12.4 Å². The smallest absolute Gasteiger partial charge is 0.265 e. The first-order valence-corrected chi connectivity index (χ1v) is 10.6. The molecule has 3 aromatic carbocycles. The summed E-state index contributed by atoms with van der Waals surface area (Å²) in [6.45, 7) is 3.79. The minimum atomic E-state index is -0.721. The van der Waals surface area contributed by atoms with Gasteiger partial charge in [-0.2, -0.15) is 0 Å². The number of anilines is 1. The van der Waals surface area contributed by atoms with Crippen LogP contribution in [0.25, 0.3) is 0 Å². The molecule has 0 radical (unpaired) electrons. The summed E-state index contributed by atoms with van der Waals surface area (Å²) in [6.07, 6.45) is -0.260. The van der Waals surface area contributed by atoms with Crippen molar-refractivity contribution in [3.05, 3.63) is 90.0 Å². The third kappa shape index (κ3) is 5.88. The van der Waals surface area contributed by atoms with E-state index in [1.54, 1.807) is 55.6 Å². The quantitative estimate of drug-likeness (QED) is 0.500. The lowest BCUT2D eigenvalue weighted by Crippen LogP contribution is -2.34. The number of hydrogen-bond acceptors (Lipinski definition) is 4. The molecule has 6 heteroatoms. The Hall–Kier alpha value is -3.80. The molecule has 3 aromatic rings. The fourth-order valence-corrected chi connectivity index (χ4v) is 3.26. The van der Waals surface area contributed by atoms with Gasteiger partial charge in [0.15, 0.2) is 6.10 Å². The summed E-state index contributed by atoms with van der Waals surface area (Å²) in [5, 5.41) is 5.83. The highest BCUT2D eigenvalue weighted by atomic mass is 16.5. The van der Waals surface area contributed by atoms with Crippen LogP contribution in [0.1, 0.15) is 42.2 Å². The first-order chi connectivity index (χ1) is 15.5. The van der Waals surface area contributed by atoms with Gasteiger partial charge in [0, 0.05) is 6.07 Å². The molecule has 0 saturated carbocycles. The summed E-state index contributed by atoms with van der Waals surface area (Å²) in [5.74, 6) is 0.590. The topological polar surface area (TPSA) is 76.7 Å². The minimum Gasteiger partial charge on any atom is -0.497 e. The molecule has 2 amide bonds. The first-order valence-electron chi connectivity index (χ1n) is 10.6. The SMILES string of the molecule is CC[C@H](Oc1cccc(OC)c1)C(=O)Nc1ccccc1C(=O)N[C@@H](C)c1ccccc1. The van der Waals surface area contributed by atoms with E-state index >= 15 is 0 Å². The Bertz CT molecular complexity index is 1050. The van der Waals surface area contributed by atoms with Crippen molar-refractivity contribution in [1.82, 2.24) is 5.32 Å². The van der Waals surface area contributed by atoms with Crippen molar-refractivity contribution in [2.24, 2.45) is 0 Å². The Morgan fingerprint density at radius 3 is 2.31 bits per heavy atom. The Morgan fingerprint density at radius 2 is 1.59 bits per heavy atom. The summed E-state index contributed by atoms with van der Waals surface area (Å²) in [6, 6.07) is 23.6. The van der Waals surface area contributed by atoms with E-state index in [2.05, 4.69) is 10.6 Å².